The molecular formula is C16H18N2O2. The summed E-state index contributed by atoms with van der Waals surface area (Å²) in [5, 5.41) is 13.5. The van der Waals surface area contributed by atoms with Gasteiger partial charge in [0.05, 0.1) is 17.7 Å². The van der Waals surface area contributed by atoms with Gasteiger partial charge < -0.3 is 10.4 Å². The Bertz CT molecular complexity index is 628. The summed E-state index contributed by atoms with van der Waals surface area (Å²) in [6.45, 7) is 0.00174. The van der Waals surface area contributed by atoms with Crippen LogP contribution in [0.1, 0.15) is 36.0 Å². The molecule has 1 aliphatic rings. The molecule has 0 atom stereocenters. The quantitative estimate of drug-likeness (QED) is 0.899. The van der Waals surface area contributed by atoms with Gasteiger partial charge in [-0.1, -0.05) is 25.0 Å². The van der Waals surface area contributed by atoms with E-state index in [-0.39, 0.29) is 12.5 Å². The first kappa shape index (κ1) is 13.1. The predicted molar refractivity (Wildman–Crippen MR) is 77.5 cm³/mol. The van der Waals surface area contributed by atoms with Crippen molar-refractivity contribution in [3.63, 3.8) is 0 Å². The lowest BCUT2D eigenvalue weighted by atomic mass is 9.97. The zero-order valence-electron chi connectivity index (χ0n) is 11.3. The smallest absolute Gasteiger partial charge is 0.252 e. The van der Waals surface area contributed by atoms with E-state index in [4.69, 9.17) is 0 Å². The molecule has 0 unspecified atom stereocenters. The second-order valence-corrected chi connectivity index (χ2v) is 5.48. The molecule has 0 radical (unpaired) electrons. The first-order valence-electron chi connectivity index (χ1n) is 7.01. The molecule has 0 saturated heterocycles. The van der Waals surface area contributed by atoms with E-state index in [9.17, 15) is 9.90 Å². The zero-order chi connectivity index (χ0) is 14.0. The van der Waals surface area contributed by atoms with Gasteiger partial charge in [-0.25, -0.2) is 0 Å². The Morgan fingerprint density at radius 2 is 2.05 bits per heavy atom. The van der Waals surface area contributed by atoms with Crippen molar-refractivity contribution in [1.82, 2.24) is 10.3 Å². The van der Waals surface area contributed by atoms with Gasteiger partial charge in [-0.2, -0.15) is 0 Å². The molecule has 1 aromatic carbocycles. The monoisotopic (exact) mass is 270 g/mol. The van der Waals surface area contributed by atoms with Crippen LogP contribution in [0.3, 0.4) is 0 Å². The van der Waals surface area contributed by atoms with Gasteiger partial charge in [0.25, 0.3) is 5.91 Å². The van der Waals surface area contributed by atoms with Gasteiger partial charge in [0, 0.05) is 17.1 Å². The summed E-state index contributed by atoms with van der Waals surface area (Å²) in [6.07, 6.45) is 5.52. The van der Waals surface area contributed by atoms with Crippen LogP contribution in [0.15, 0.2) is 36.5 Å². The summed E-state index contributed by atoms with van der Waals surface area (Å²) in [5.41, 5.74) is 0.988. The van der Waals surface area contributed by atoms with Gasteiger partial charge in [-0.3, -0.25) is 9.78 Å². The van der Waals surface area contributed by atoms with E-state index < -0.39 is 5.54 Å². The van der Waals surface area contributed by atoms with E-state index in [2.05, 4.69) is 10.3 Å². The fourth-order valence-corrected chi connectivity index (χ4v) is 2.98. The number of carbonyl (C=O) groups excluding carboxylic acids is 1. The Labute approximate surface area is 117 Å². The third kappa shape index (κ3) is 2.27. The average Bonchev–Trinajstić information content (AvgIpc) is 2.95. The maximum atomic E-state index is 12.5. The van der Waals surface area contributed by atoms with Crippen molar-refractivity contribution in [2.75, 3.05) is 6.61 Å². The van der Waals surface area contributed by atoms with Gasteiger partial charge in [0.15, 0.2) is 0 Å². The maximum absolute atomic E-state index is 12.5. The molecule has 2 aromatic rings. The molecule has 1 saturated carbocycles. The minimum Gasteiger partial charge on any atom is -0.394 e. The lowest BCUT2D eigenvalue weighted by molar-refractivity contribution is 0.0840. The highest BCUT2D eigenvalue weighted by Crippen LogP contribution is 2.30. The number of fused-ring (bicyclic) bond motifs is 1. The van der Waals surface area contributed by atoms with E-state index in [0.717, 1.165) is 36.6 Å². The number of aliphatic hydroxyl groups excluding tert-OH is 1. The summed E-state index contributed by atoms with van der Waals surface area (Å²) in [5.74, 6) is -0.125. The highest BCUT2D eigenvalue weighted by Gasteiger charge is 2.35. The number of amides is 1. The Balaban J connectivity index is 1.93. The summed E-state index contributed by atoms with van der Waals surface area (Å²) in [7, 11) is 0. The Kier molecular flexibility index (Phi) is 3.40. The van der Waals surface area contributed by atoms with Gasteiger partial charge in [0.1, 0.15) is 0 Å². The SMILES string of the molecule is O=C(NC1(CO)CCCC1)c1cccc2ncccc12. The van der Waals surface area contributed by atoms with E-state index in [1.807, 2.05) is 24.3 Å². The average molecular weight is 270 g/mol. The molecule has 0 bridgehead atoms. The molecule has 1 aromatic heterocycles. The van der Waals surface area contributed by atoms with Crippen molar-refractivity contribution in [2.24, 2.45) is 0 Å². The van der Waals surface area contributed by atoms with Gasteiger partial charge in [-0.15, -0.1) is 0 Å². The number of hydrogen-bond acceptors (Lipinski definition) is 3. The van der Waals surface area contributed by atoms with Crippen LogP contribution in [0.25, 0.3) is 10.9 Å². The Hall–Kier alpha value is -1.94. The highest BCUT2D eigenvalue weighted by atomic mass is 16.3. The molecule has 1 aliphatic carbocycles. The lowest BCUT2D eigenvalue weighted by Gasteiger charge is -2.28. The minimum atomic E-state index is -0.443. The van der Waals surface area contributed by atoms with Crippen LogP contribution in [0, 0.1) is 0 Å². The maximum Gasteiger partial charge on any atom is 0.252 e. The molecule has 1 heterocycles. The van der Waals surface area contributed by atoms with E-state index >= 15 is 0 Å². The summed E-state index contributed by atoms with van der Waals surface area (Å²) in [6, 6.07) is 9.27. The van der Waals surface area contributed by atoms with Crippen LogP contribution >= 0.6 is 0 Å². The van der Waals surface area contributed by atoms with Crippen molar-refractivity contribution in [2.45, 2.75) is 31.2 Å². The van der Waals surface area contributed by atoms with Crippen LogP contribution in [0.4, 0.5) is 0 Å². The van der Waals surface area contributed by atoms with Crippen LogP contribution < -0.4 is 5.32 Å². The number of carbonyl (C=O) groups is 1. The Morgan fingerprint density at radius 1 is 1.25 bits per heavy atom. The molecule has 0 aliphatic heterocycles. The molecule has 104 valence electrons. The van der Waals surface area contributed by atoms with Crippen molar-refractivity contribution in [3.8, 4) is 0 Å². The van der Waals surface area contributed by atoms with Gasteiger partial charge >= 0.3 is 0 Å². The first-order chi connectivity index (χ1) is 9.74. The number of nitrogens with one attached hydrogen (secondary N) is 1. The number of aromatic nitrogens is 1. The summed E-state index contributed by atoms with van der Waals surface area (Å²) >= 11 is 0. The van der Waals surface area contributed by atoms with Crippen LogP contribution in [-0.2, 0) is 0 Å². The second kappa shape index (κ2) is 5.21. The van der Waals surface area contributed by atoms with Gasteiger partial charge in [0.2, 0.25) is 0 Å². The molecule has 1 fully saturated rings. The van der Waals surface area contributed by atoms with Crippen molar-refractivity contribution >= 4 is 16.8 Å². The van der Waals surface area contributed by atoms with Gasteiger partial charge in [-0.05, 0) is 31.0 Å². The molecule has 0 spiro atoms. The fraction of sp³-hybridized carbons (Fsp3) is 0.375. The van der Waals surface area contributed by atoms with Crippen molar-refractivity contribution < 1.29 is 9.90 Å². The topological polar surface area (TPSA) is 62.2 Å². The highest BCUT2D eigenvalue weighted by molar-refractivity contribution is 6.06. The third-order valence-electron chi connectivity index (χ3n) is 4.13. The van der Waals surface area contributed by atoms with Crippen LogP contribution in [0.2, 0.25) is 0 Å². The summed E-state index contributed by atoms with van der Waals surface area (Å²) < 4.78 is 0. The minimum absolute atomic E-state index is 0.00174. The first-order valence-corrected chi connectivity index (χ1v) is 7.01. The molecular weight excluding hydrogens is 252 g/mol. The van der Waals surface area contributed by atoms with Crippen molar-refractivity contribution in [3.05, 3.63) is 42.1 Å². The van der Waals surface area contributed by atoms with E-state index in [1.165, 1.54) is 0 Å². The lowest BCUT2D eigenvalue weighted by Crippen LogP contribution is -2.49. The fourth-order valence-electron chi connectivity index (χ4n) is 2.98. The second-order valence-electron chi connectivity index (χ2n) is 5.48. The number of pyridine rings is 1. The van der Waals surface area contributed by atoms with E-state index in [1.54, 1.807) is 12.3 Å². The molecule has 4 heteroatoms. The molecule has 20 heavy (non-hydrogen) atoms. The molecule has 1 amide bonds. The Morgan fingerprint density at radius 3 is 2.80 bits per heavy atom. The molecule has 3 rings (SSSR count). The summed E-state index contributed by atoms with van der Waals surface area (Å²) in [4.78, 5) is 16.8. The number of rotatable bonds is 3. The number of hydrogen-bond donors (Lipinski definition) is 2. The molecule has 4 nitrogen and oxygen atoms in total. The number of nitrogens with zero attached hydrogens (tertiary/aromatic N) is 1. The largest absolute Gasteiger partial charge is 0.394 e. The third-order valence-corrected chi connectivity index (χ3v) is 4.13. The van der Waals surface area contributed by atoms with Crippen molar-refractivity contribution in [1.29, 1.82) is 0 Å². The van der Waals surface area contributed by atoms with Crippen LogP contribution in [0.5, 0.6) is 0 Å². The molecule has 2 N–H and O–H groups in total. The number of benzene rings is 1. The van der Waals surface area contributed by atoms with E-state index in [0.29, 0.717) is 5.56 Å². The normalized spacial score (nSPS) is 17.2. The number of aliphatic hydroxyl groups is 1. The predicted octanol–water partition coefficient (Wildman–Crippen LogP) is 2.27. The zero-order valence-corrected chi connectivity index (χ0v) is 11.3. The van der Waals surface area contributed by atoms with Crippen LogP contribution in [-0.4, -0.2) is 28.1 Å². The standard InChI is InChI=1S/C16H18N2O2/c19-11-16(8-1-2-9-16)18-15(20)13-5-3-7-14-12(13)6-4-10-17-14/h3-7,10,19H,1-2,8-9,11H2,(H,18,20).